The Hall–Kier alpha value is -1.07. The minimum atomic E-state index is 0.369. The third-order valence-electron chi connectivity index (χ3n) is 4.29. The van der Waals surface area contributed by atoms with E-state index in [0.29, 0.717) is 18.0 Å². The average molecular weight is 249 g/mol. The van der Waals surface area contributed by atoms with E-state index in [1.807, 2.05) is 6.20 Å². The maximum atomic E-state index is 6.18. The van der Waals surface area contributed by atoms with Gasteiger partial charge < -0.3 is 16.4 Å². The van der Waals surface area contributed by atoms with Gasteiger partial charge in [0.1, 0.15) is 5.82 Å². The molecule has 1 aliphatic carbocycles. The molecule has 5 nitrogen and oxygen atoms in total. The Kier molecular flexibility index (Phi) is 3.52. The summed E-state index contributed by atoms with van der Waals surface area (Å²) in [7, 11) is 0. The van der Waals surface area contributed by atoms with Gasteiger partial charge in [0.15, 0.2) is 0 Å². The lowest BCUT2D eigenvalue weighted by molar-refractivity contribution is 0.312. The zero-order valence-electron chi connectivity index (χ0n) is 10.8. The van der Waals surface area contributed by atoms with Crippen LogP contribution in [0.1, 0.15) is 31.7 Å². The molecule has 1 saturated heterocycles. The summed E-state index contributed by atoms with van der Waals surface area (Å²) in [6, 6.07) is 2.95. The first-order valence-electron chi connectivity index (χ1n) is 7.08. The first-order chi connectivity index (χ1) is 8.84. The van der Waals surface area contributed by atoms with Gasteiger partial charge in [-0.3, -0.25) is 0 Å². The summed E-state index contributed by atoms with van der Waals surface area (Å²) in [6.45, 7) is 3.03. The van der Waals surface area contributed by atoms with Crippen LogP contribution < -0.4 is 16.4 Å². The molecule has 2 atom stereocenters. The van der Waals surface area contributed by atoms with Crippen LogP contribution in [-0.2, 0) is 0 Å². The third-order valence-corrected chi connectivity index (χ3v) is 4.29. The molecule has 3 rings (SSSR count). The lowest BCUT2D eigenvalue weighted by Gasteiger charge is -2.31. The fraction of sp³-hybridized carbons (Fsp3) is 0.769. The van der Waals surface area contributed by atoms with Crippen molar-refractivity contribution in [2.75, 3.05) is 25.0 Å². The van der Waals surface area contributed by atoms with Crippen molar-refractivity contribution in [2.24, 2.45) is 11.7 Å². The topological polar surface area (TPSA) is 67.9 Å². The van der Waals surface area contributed by atoms with Crippen molar-refractivity contribution in [3.63, 3.8) is 0 Å². The molecule has 18 heavy (non-hydrogen) atoms. The Morgan fingerprint density at radius 1 is 1.39 bits per heavy atom. The third kappa shape index (κ3) is 2.37. The predicted molar refractivity (Wildman–Crippen MR) is 72.6 cm³/mol. The van der Waals surface area contributed by atoms with E-state index in [1.54, 1.807) is 0 Å². The summed E-state index contributed by atoms with van der Waals surface area (Å²) in [5, 5.41) is 11.2. The molecule has 0 radical (unpaired) electrons. The van der Waals surface area contributed by atoms with Crippen molar-refractivity contribution in [3.8, 4) is 0 Å². The van der Waals surface area contributed by atoms with Gasteiger partial charge in [0.25, 0.3) is 0 Å². The van der Waals surface area contributed by atoms with Crippen LogP contribution in [0.15, 0.2) is 12.3 Å². The largest absolute Gasteiger partial charge is 0.370 e. The highest BCUT2D eigenvalue weighted by atomic mass is 15.4. The normalized spacial score (nSPS) is 28.9. The van der Waals surface area contributed by atoms with E-state index in [0.717, 1.165) is 25.5 Å². The van der Waals surface area contributed by atoms with Crippen LogP contribution in [-0.4, -0.2) is 35.5 Å². The summed E-state index contributed by atoms with van der Waals surface area (Å²) in [4.78, 5) is 0. The molecule has 100 valence electrons. The van der Waals surface area contributed by atoms with Gasteiger partial charge in [0, 0.05) is 31.7 Å². The predicted octanol–water partition coefficient (Wildman–Crippen LogP) is 0.957. The van der Waals surface area contributed by atoms with Crippen LogP contribution in [0.2, 0.25) is 0 Å². The first kappa shape index (κ1) is 12.0. The molecular weight excluding hydrogens is 226 g/mol. The smallest absolute Gasteiger partial charge is 0.124 e. The SMILES string of the molecule is N[C@@H]1CCCC[C@@H]1CNc1ccnn1C1CNC1. The van der Waals surface area contributed by atoms with E-state index < -0.39 is 0 Å². The molecule has 0 aromatic carbocycles. The van der Waals surface area contributed by atoms with Gasteiger partial charge >= 0.3 is 0 Å². The molecule has 0 unspecified atom stereocenters. The van der Waals surface area contributed by atoms with Crippen LogP contribution in [0.3, 0.4) is 0 Å². The number of nitrogens with one attached hydrogen (secondary N) is 2. The Bertz CT molecular complexity index is 384. The lowest BCUT2D eigenvalue weighted by atomic mass is 9.85. The molecule has 0 spiro atoms. The van der Waals surface area contributed by atoms with Crippen molar-refractivity contribution >= 4 is 5.82 Å². The minimum Gasteiger partial charge on any atom is -0.370 e. The first-order valence-corrected chi connectivity index (χ1v) is 7.08. The molecule has 0 amide bonds. The van der Waals surface area contributed by atoms with E-state index in [1.165, 1.54) is 25.7 Å². The fourth-order valence-electron chi connectivity index (χ4n) is 2.92. The van der Waals surface area contributed by atoms with E-state index in [-0.39, 0.29) is 0 Å². The molecule has 1 aromatic rings. The monoisotopic (exact) mass is 249 g/mol. The van der Waals surface area contributed by atoms with Gasteiger partial charge in [-0.2, -0.15) is 5.10 Å². The van der Waals surface area contributed by atoms with Gasteiger partial charge in [-0.15, -0.1) is 0 Å². The Morgan fingerprint density at radius 2 is 2.22 bits per heavy atom. The summed E-state index contributed by atoms with van der Waals surface area (Å²) in [6.07, 6.45) is 6.93. The molecule has 1 aromatic heterocycles. The number of anilines is 1. The summed E-state index contributed by atoms with van der Waals surface area (Å²) < 4.78 is 2.10. The summed E-state index contributed by atoms with van der Waals surface area (Å²) >= 11 is 0. The second-order valence-corrected chi connectivity index (χ2v) is 5.56. The van der Waals surface area contributed by atoms with Gasteiger partial charge in [-0.05, 0) is 18.8 Å². The zero-order chi connectivity index (χ0) is 12.4. The molecule has 4 N–H and O–H groups in total. The second-order valence-electron chi connectivity index (χ2n) is 5.56. The molecule has 5 heteroatoms. The Balaban J connectivity index is 1.57. The van der Waals surface area contributed by atoms with Crippen LogP contribution in [0, 0.1) is 5.92 Å². The number of hydrogen-bond donors (Lipinski definition) is 3. The number of aromatic nitrogens is 2. The minimum absolute atomic E-state index is 0.369. The molecule has 2 fully saturated rings. The van der Waals surface area contributed by atoms with E-state index in [9.17, 15) is 0 Å². The van der Waals surface area contributed by atoms with E-state index in [4.69, 9.17) is 5.73 Å². The van der Waals surface area contributed by atoms with Crippen LogP contribution in [0.25, 0.3) is 0 Å². The number of nitrogens with zero attached hydrogens (tertiary/aromatic N) is 2. The van der Waals surface area contributed by atoms with E-state index in [2.05, 4.69) is 26.5 Å². The fourth-order valence-corrected chi connectivity index (χ4v) is 2.92. The quantitative estimate of drug-likeness (QED) is 0.743. The van der Waals surface area contributed by atoms with Crippen LogP contribution in [0.5, 0.6) is 0 Å². The highest BCUT2D eigenvalue weighted by Gasteiger charge is 2.24. The van der Waals surface area contributed by atoms with Crippen molar-refractivity contribution in [3.05, 3.63) is 12.3 Å². The molecule has 1 aliphatic heterocycles. The Labute approximate surface area is 108 Å². The number of nitrogens with two attached hydrogens (primary N) is 1. The number of hydrogen-bond acceptors (Lipinski definition) is 4. The molecule has 0 bridgehead atoms. The maximum Gasteiger partial charge on any atom is 0.124 e. The molecule has 2 heterocycles. The van der Waals surface area contributed by atoms with Crippen molar-refractivity contribution in [1.29, 1.82) is 0 Å². The lowest BCUT2D eigenvalue weighted by Crippen LogP contribution is -2.44. The van der Waals surface area contributed by atoms with Crippen molar-refractivity contribution in [1.82, 2.24) is 15.1 Å². The maximum absolute atomic E-state index is 6.18. The molecular formula is C13H23N5. The van der Waals surface area contributed by atoms with Gasteiger partial charge in [-0.25, -0.2) is 4.68 Å². The zero-order valence-corrected chi connectivity index (χ0v) is 10.8. The Morgan fingerprint density at radius 3 is 2.94 bits per heavy atom. The van der Waals surface area contributed by atoms with Gasteiger partial charge in [0.05, 0.1) is 12.2 Å². The van der Waals surface area contributed by atoms with E-state index >= 15 is 0 Å². The second kappa shape index (κ2) is 5.28. The average Bonchev–Trinajstić information content (AvgIpc) is 2.74. The van der Waals surface area contributed by atoms with Gasteiger partial charge in [-0.1, -0.05) is 12.8 Å². The molecule has 2 aliphatic rings. The van der Waals surface area contributed by atoms with Crippen LogP contribution in [0.4, 0.5) is 5.82 Å². The highest BCUT2D eigenvalue weighted by molar-refractivity contribution is 5.35. The summed E-state index contributed by atoms with van der Waals surface area (Å²) in [5.74, 6) is 1.75. The van der Waals surface area contributed by atoms with Crippen LogP contribution >= 0.6 is 0 Å². The summed E-state index contributed by atoms with van der Waals surface area (Å²) in [5.41, 5.74) is 6.18. The molecule has 1 saturated carbocycles. The van der Waals surface area contributed by atoms with Crippen molar-refractivity contribution in [2.45, 2.75) is 37.8 Å². The highest BCUT2D eigenvalue weighted by Crippen LogP contribution is 2.24. The van der Waals surface area contributed by atoms with Gasteiger partial charge in [0.2, 0.25) is 0 Å². The van der Waals surface area contributed by atoms with Crippen molar-refractivity contribution < 1.29 is 0 Å². The standard InChI is InChI=1S/C13H23N5/c14-12-4-2-1-3-10(12)7-16-13-5-6-17-18(13)11-8-15-9-11/h5-6,10-12,15-16H,1-4,7-9,14H2/t10-,12-/m1/s1. The number of rotatable bonds is 4.